The summed E-state index contributed by atoms with van der Waals surface area (Å²) in [6.07, 6.45) is 1.59. The van der Waals surface area contributed by atoms with E-state index >= 15 is 0 Å². The first-order chi connectivity index (χ1) is 14.9. The van der Waals surface area contributed by atoms with E-state index in [4.69, 9.17) is 16.3 Å². The van der Waals surface area contributed by atoms with E-state index < -0.39 is 0 Å². The van der Waals surface area contributed by atoms with Crippen LogP contribution < -0.4 is 5.32 Å². The lowest BCUT2D eigenvalue weighted by Gasteiger charge is -2.30. The van der Waals surface area contributed by atoms with Crippen molar-refractivity contribution in [1.82, 2.24) is 19.9 Å². The third-order valence-electron chi connectivity index (χ3n) is 4.89. The second-order valence-electron chi connectivity index (χ2n) is 7.34. The molecule has 1 aliphatic heterocycles. The highest BCUT2D eigenvalue weighted by Gasteiger charge is 2.22. The van der Waals surface area contributed by atoms with Crippen LogP contribution in [0.2, 0.25) is 5.15 Å². The molecule has 0 bridgehead atoms. The number of morpholine rings is 1. The number of carbonyl (C=O) groups is 1. The number of ether oxygens (including phenoxy) is 1. The molecule has 3 heterocycles. The van der Waals surface area contributed by atoms with Crippen LogP contribution in [0.15, 0.2) is 42.6 Å². The maximum absolute atomic E-state index is 13.5. The number of nitrogens with zero attached hydrogens (tertiary/aromatic N) is 4. The molecule has 0 spiro atoms. The van der Waals surface area contributed by atoms with Crippen LogP contribution in [0.3, 0.4) is 0 Å². The van der Waals surface area contributed by atoms with Gasteiger partial charge in [0, 0.05) is 36.1 Å². The number of urea groups is 1. The van der Waals surface area contributed by atoms with Crippen LogP contribution in [0.5, 0.6) is 0 Å². The fraction of sp³-hybridized carbons (Fsp3) is 0.273. The number of aromatic nitrogens is 3. The molecular formula is C22H21ClFN5O2. The van der Waals surface area contributed by atoms with Gasteiger partial charge in [-0.25, -0.2) is 24.1 Å². The highest BCUT2D eigenvalue weighted by Crippen LogP contribution is 2.32. The second kappa shape index (κ2) is 8.95. The number of nitrogens with one attached hydrogen (secondary N) is 1. The Balaban J connectivity index is 1.71. The Morgan fingerprint density at radius 1 is 1.23 bits per heavy atom. The smallest absolute Gasteiger partial charge is 0.324 e. The molecule has 3 aromatic rings. The van der Waals surface area contributed by atoms with Gasteiger partial charge in [-0.2, -0.15) is 0 Å². The Kier molecular flexibility index (Phi) is 6.11. The Hall–Kier alpha value is -3.10. The third kappa shape index (κ3) is 4.98. The van der Waals surface area contributed by atoms with Gasteiger partial charge in [-0.3, -0.25) is 5.32 Å². The van der Waals surface area contributed by atoms with E-state index in [0.717, 1.165) is 11.3 Å². The lowest BCUT2D eigenvalue weighted by atomic mass is 10.0. The SMILES string of the molecule is Cc1cc(-c2cnc(NC(=O)N3CCO[C@@H](C)C3)nc2-c2ccc(F)cc2)cc(Cl)n1. The summed E-state index contributed by atoms with van der Waals surface area (Å²) in [5.41, 5.74) is 3.43. The number of rotatable bonds is 3. The van der Waals surface area contributed by atoms with Crippen LogP contribution in [-0.4, -0.2) is 51.7 Å². The average Bonchev–Trinajstić information content (AvgIpc) is 2.73. The number of anilines is 1. The minimum absolute atomic E-state index is 0.0303. The summed E-state index contributed by atoms with van der Waals surface area (Å²) in [7, 11) is 0. The third-order valence-corrected chi connectivity index (χ3v) is 5.08. The van der Waals surface area contributed by atoms with Crippen molar-refractivity contribution in [2.45, 2.75) is 20.0 Å². The number of carbonyl (C=O) groups excluding carboxylic acids is 1. The van der Waals surface area contributed by atoms with Gasteiger partial charge < -0.3 is 9.64 Å². The molecule has 2 aromatic heterocycles. The lowest BCUT2D eigenvalue weighted by molar-refractivity contribution is -0.00141. The number of aryl methyl sites for hydroxylation is 1. The molecule has 1 fully saturated rings. The van der Waals surface area contributed by atoms with Crippen LogP contribution in [0.1, 0.15) is 12.6 Å². The van der Waals surface area contributed by atoms with Crippen molar-refractivity contribution in [2.75, 3.05) is 25.0 Å². The van der Waals surface area contributed by atoms with Crippen LogP contribution in [0.25, 0.3) is 22.4 Å². The summed E-state index contributed by atoms with van der Waals surface area (Å²) in [6, 6.07) is 9.27. The number of amides is 2. The topological polar surface area (TPSA) is 80.2 Å². The van der Waals surface area contributed by atoms with Gasteiger partial charge >= 0.3 is 6.03 Å². The molecule has 1 atom stereocenters. The molecule has 160 valence electrons. The van der Waals surface area contributed by atoms with E-state index in [1.807, 2.05) is 19.9 Å². The van der Waals surface area contributed by atoms with E-state index in [-0.39, 0.29) is 23.9 Å². The summed E-state index contributed by atoms with van der Waals surface area (Å²) in [4.78, 5) is 27.4. The van der Waals surface area contributed by atoms with Crippen molar-refractivity contribution in [2.24, 2.45) is 0 Å². The van der Waals surface area contributed by atoms with Gasteiger partial charge in [0.15, 0.2) is 0 Å². The van der Waals surface area contributed by atoms with Crippen molar-refractivity contribution in [3.8, 4) is 22.4 Å². The lowest BCUT2D eigenvalue weighted by Crippen LogP contribution is -2.46. The number of halogens is 2. The van der Waals surface area contributed by atoms with Crippen molar-refractivity contribution < 1.29 is 13.9 Å². The Bertz CT molecular complexity index is 1090. The summed E-state index contributed by atoms with van der Waals surface area (Å²) in [5.74, 6) is -0.193. The maximum Gasteiger partial charge on any atom is 0.324 e. The molecule has 31 heavy (non-hydrogen) atoms. The molecule has 0 aliphatic carbocycles. The Morgan fingerprint density at radius 3 is 2.71 bits per heavy atom. The van der Waals surface area contributed by atoms with Crippen LogP contribution in [-0.2, 0) is 4.74 Å². The Labute approximate surface area is 184 Å². The minimum Gasteiger partial charge on any atom is -0.375 e. The maximum atomic E-state index is 13.5. The van der Waals surface area contributed by atoms with Gasteiger partial charge in [-0.05, 0) is 55.8 Å². The highest BCUT2D eigenvalue weighted by atomic mass is 35.5. The first-order valence-electron chi connectivity index (χ1n) is 9.84. The second-order valence-corrected chi connectivity index (χ2v) is 7.73. The zero-order valence-corrected chi connectivity index (χ0v) is 17.9. The summed E-state index contributed by atoms with van der Waals surface area (Å²) in [5, 5.41) is 3.10. The van der Waals surface area contributed by atoms with E-state index in [1.54, 1.807) is 29.3 Å². The van der Waals surface area contributed by atoms with Crippen molar-refractivity contribution in [3.63, 3.8) is 0 Å². The van der Waals surface area contributed by atoms with Crippen LogP contribution >= 0.6 is 11.6 Å². The largest absolute Gasteiger partial charge is 0.375 e. The van der Waals surface area contributed by atoms with Gasteiger partial charge in [0.05, 0.1) is 18.4 Å². The fourth-order valence-electron chi connectivity index (χ4n) is 3.44. The number of benzene rings is 1. The number of hydrogen-bond acceptors (Lipinski definition) is 5. The van der Waals surface area contributed by atoms with Crippen molar-refractivity contribution in [1.29, 1.82) is 0 Å². The molecule has 0 saturated carbocycles. The van der Waals surface area contributed by atoms with Crippen LogP contribution in [0, 0.1) is 12.7 Å². The fourth-order valence-corrected chi connectivity index (χ4v) is 3.69. The van der Waals surface area contributed by atoms with E-state index in [1.165, 1.54) is 12.1 Å². The molecule has 7 nitrogen and oxygen atoms in total. The van der Waals surface area contributed by atoms with Gasteiger partial charge in [0.1, 0.15) is 11.0 Å². The summed E-state index contributed by atoms with van der Waals surface area (Å²) >= 11 is 6.14. The molecule has 9 heteroatoms. The van der Waals surface area contributed by atoms with Gasteiger partial charge in [0.25, 0.3) is 0 Å². The average molecular weight is 442 g/mol. The van der Waals surface area contributed by atoms with Gasteiger partial charge in [-0.15, -0.1) is 0 Å². The molecule has 0 unspecified atom stereocenters. The quantitative estimate of drug-likeness (QED) is 0.603. The molecule has 4 rings (SSSR count). The van der Waals surface area contributed by atoms with Crippen molar-refractivity contribution >= 4 is 23.6 Å². The first-order valence-corrected chi connectivity index (χ1v) is 10.2. The molecule has 1 aromatic carbocycles. The standard InChI is InChI=1S/C22H21ClFN5O2/c1-13-9-16(10-19(23)26-13)18-11-25-21(27-20(18)15-3-5-17(24)6-4-15)28-22(30)29-7-8-31-14(2)12-29/h3-6,9-11,14H,7-8,12H2,1-2H3,(H,25,27,28,30)/t14-/m0/s1. The summed E-state index contributed by atoms with van der Waals surface area (Å²) in [6.45, 7) is 5.22. The predicted octanol–water partition coefficient (Wildman–Crippen LogP) is 4.56. The van der Waals surface area contributed by atoms with Crippen molar-refractivity contribution in [3.05, 3.63) is 59.3 Å². The highest BCUT2D eigenvalue weighted by molar-refractivity contribution is 6.29. The number of hydrogen-bond donors (Lipinski definition) is 1. The predicted molar refractivity (Wildman–Crippen MR) is 116 cm³/mol. The normalized spacial score (nSPS) is 16.3. The first kappa shape index (κ1) is 21.1. The van der Waals surface area contributed by atoms with E-state index in [2.05, 4.69) is 20.3 Å². The van der Waals surface area contributed by atoms with Gasteiger partial charge in [-0.1, -0.05) is 11.6 Å². The zero-order valence-electron chi connectivity index (χ0n) is 17.1. The molecule has 1 aliphatic rings. The molecular weight excluding hydrogens is 421 g/mol. The monoisotopic (exact) mass is 441 g/mol. The minimum atomic E-state index is -0.350. The molecule has 1 saturated heterocycles. The zero-order chi connectivity index (χ0) is 22.0. The summed E-state index contributed by atoms with van der Waals surface area (Å²) < 4.78 is 19.0. The molecule has 2 amide bonds. The van der Waals surface area contributed by atoms with E-state index in [9.17, 15) is 9.18 Å². The van der Waals surface area contributed by atoms with E-state index in [0.29, 0.717) is 41.7 Å². The molecule has 1 N–H and O–H groups in total. The van der Waals surface area contributed by atoms with Gasteiger partial charge in [0.2, 0.25) is 5.95 Å². The molecule has 0 radical (unpaired) electrons. The van der Waals surface area contributed by atoms with Crippen LogP contribution in [0.4, 0.5) is 15.1 Å². The number of pyridine rings is 1. The Morgan fingerprint density at radius 2 is 2.00 bits per heavy atom.